The summed E-state index contributed by atoms with van der Waals surface area (Å²) in [4.78, 5) is 15.7. The molecule has 5 nitrogen and oxygen atoms in total. The Morgan fingerprint density at radius 1 is 1.44 bits per heavy atom. The van der Waals surface area contributed by atoms with E-state index in [0.717, 1.165) is 17.7 Å². The van der Waals surface area contributed by atoms with Gasteiger partial charge in [-0.25, -0.2) is 0 Å². The van der Waals surface area contributed by atoms with Crippen LogP contribution in [0.1, 0.15) is 50.2 Å². The second-order valence-electron chi connectivity index (χ2n) is 5.31. The number of hydrogen-bond donors (Lipinski definition) is 0. The summed E-state index contributed by atoms with van der Waals surface area (Å²) < 4.78 is 10.0. The third-order valence-corrected chi connectivity index (χ3v) is 4.15. The normalized spacial score (nSPS) is 29.7. The molecule has 2 bridgehead atoms. The van der Waals surface area contributed by atoms with Gasteiger partial charge in [0.05, 0.1) is 6.61 Å². The summed E-state index contributed by atoms with van der Waals surface area (Å²) in [5.74, 6) is 2.90. The molecule has 0 amide bonds. The fraction of sp³-hybridized carbons (Fsp3) is 0.769. The van der Waals surface area contributed by atoms with E-state index in [1.54, 1.807) is 6.92 Å². The van der Waals surface area contributed by atoms with Gasteiger partial charge in [0.1, 0.15) is 6.42 Å². The molecule has 1 heterocycles. The Morgan fingerprint density at radius 3 is 3.00 bits per heavy atom. The van der Waals surface area contributed by atoms with E-state index < -0.39 is 0 Å². The van der Waals surface area contributed by atoms with Crippen LogP contribution in [0.15, 0.2) is 4.52 Å². The zero-order valence-corrected chi connectivity index (χ0v) is 10.6. The van der Waals surface area contributed by atoms with Crippen molar-refractivity contribution in [2.75, 3.05) is 6.61 Å². The van der Waals surface area contributed by atoms with Crippen molar-refractivity contribution in [2.24, 2.45) is 11.8 Å². The summed E-state index contributed by atoms with van der Waals surface area (Å²) in [5, 5.41) is 4.04. The first-order valence-corrected chi connectivity index (χ1v) is 6.74. The Labute approximate surface area is 106 Å². The quantitative estimate of drug-likeness (QED) is 0.765. The molecule has 0 aliphatic heterocycles. The van der Waals surface area contributed by atoms with Gasteiger partial charge in [0.2, 0.25) is 5.89 Å². The van der Waals surface area contributed by atoms with Crippen molar-refractivity contribution in [3.05, 3.63) is 11.7 Å². The van der Waals surface area contributed by atoms with Crippen LogP contribution in [0.25, 0.3) is 0 Å². The van der Waals surface area contributed by atoms with Gasteiger partial charge in [0, 0.05) is 5.92 Å². The van der Waals surface area contributed by atoms with E-state index >= 15 is 0 Å². The predicted octanol–water partition coefficient (Wildman–Crippen LogP) is 2.08. The van der Waals surface area contributed by atoms with Crippen LogP contribution in [0.5, 0.6) is 0 Å². The van der Waals surface area contributed by atoms with Crippen LogP contribution in [0, 0.1) is 11.8 Å². The molecule has 0 aromatic carbocycles. The molecule has 5 heteroatoms. The first-order chi connectivity index (χ1) is 8.76. The Balaban J connectivity index is 1.65. The van der Waals surface area contributed by atoms with Gasteiger partial charge in [-0.1, -0.05) is 11.6 Å². The van der Waals surface area contributed by atoms with Crippen LogP contribution in [0.3, 0.4) is 0 Å². The minimum absolute atomic E-state index is 0.0850. The van der Waals surface area contributed by atoms with Gasteiger partial charge in [-0.05, 0) is 38.0 Å². The van der Waals surface area contributed by atoms with E-state index in [9.17, 15) is 4.79 Å². The van der Waals surface area contributed by atoms with Gasteiger partial charge in [0.15, 0.2) is 5.82 Å². The molecule has 0 spiro atoms. The highest BCUT2D eigenvalue weighted by atomic mass is 16.5. The number of esters is 1. The third kappa shape index (κ3) is 2.13. The van der Waals surface area contributed by atoms with Crippen molar-refractivity contribution in [3.63, 3.8) is 0 Å². The number of aromatic nitrogens is 2. The number of carbonyl (C=O) groups excluding carboxylic acids is 1. The molecule has 2 saturated carbocycles. The van der Waals surface area contributed by atoms with Crippen LogP contribution < -0.4 is 0 Å². The van der Waals surface area contributed by atoms with E-state index in [4.69, 9.17) is 9.26 Å². The van der Waals surface area contributed by atoms with E-state index in [0.29, 0.717) is 18.4 Å². The second-order valence-corrected chi connectivity index (χ2v) is 5.31. The molecular formula is C13H18N2O3. The standard InChI is InChI=1S/C13H18N2O3/c1-2-17-12(16)7-11-14-13(15-18-11)10-6-8-3-4-9(10)5-8/h8-10H,2-7H2,1H3. The number of fused-ring (bicyclic) bond motifs is 2. The summed E-state index contributed by atoms with van der Waals surface area (Å²) in [5.41, 5.74) is 0. The molecule has 1 aromatic rings. The summed E-state index contributed by atoms with van der Waals surface area (Å²) >= 11 is 0. The number of hydrogen-bond acceptors (Lipinski definition) is 5. The summed E-state index contributed by atoms with van der Waals surface area (Å²) in [6, 6.07) is 0. The zero-order chi connectivity index (χ0) is 12.5. The van der Waals surface area contributed by atoms with Crippen molar-refractivity contribution < 1.29 is 14.1 Å². The van der Waals surface area contributed by atoms with Crippen molar-refractivity contribution in [1.29, 1.82) is 0 Å². The maximum Gasteiger partial charge on any atom is 0.315 e. The zero-order valence-electron chi connectivity index (χ0n) is 10.6. The Morgan fingerprint density at radius 2 is 2.33 bits per heavy atom. The highest BCUT2D eigenvalue weighted by molar-refractivity contribution is 5.71. The summed E-state index contributed by atoms with van der Waals surface area (Å²) in [7, 11) is 0. The van der Waals surface area contributed by atoms with Crippen molar-refractivity contribution in [1.82, 2.24) is 10.1 Å². The molecular weight excluding hydrogens is 232 g/mol. The average molecular weight is 250 g/mol. The van der Waals surface area contributed by atoms with Gasteiger partial charge in [-0.15, -0.1) is 0 Å². The van der Waals surface area contributed by atoms with Gasteiger partial charge in [0.25, 0.3) is 0 Å². The van der Waals surface area contributed by atoms with E-state index in [1.807, 2.05) is 0 Å². The fourth-order valence-electron chi connectivity index (χ4n) is 3.39. The van der Waals surface area contributed by atoms with Gasteiger partial charge < -0.3 is 9.26 Å². The molecule has 18 heavy (non-hydrogen) atoms. The third-order valence-electron chi connectivity index (χ3n) is 4.15. The maximum absolute atomic E-state index is 11.3. The Hall–Kier alpha value is -1.39. The van der Waals surface area contributed by atoms with Crippen LogP contribution in [-0.4, -0.2) is 22.7 Å². The maximum atomic E-state index is 11.3. The average Bonchev–Trinajstić information content (AvgIpc) is 3.03. The molecule has 3 unspecified atom stereocenters. The second kappa shape index (κ2) is 4.71. The number of nitrogens with zero attached hydrogens (tertiary/aromatic N) is 2. The van der Waals surface area contributed by atoms with Crippen LogP contribution in [0.2, 0.25) is 0 Å². The summed E-state index contributed by atoms with van der Waals surface area (Å²) in [6.07, 6.45) is 5.23. The van der Waals surface area contributed by atoms with E-state index in [-0.39, 0.29) is 12.4 Å². The lowest BCUT2D eigenvalue weighted by molar-refractivity contribution is -0.142. The number of rotatable bonds is 4. The lowest BCUT2D eigenvalue weighted by Gasteiger charge is -2.17. The fourth-order valence-corrected chi connectivity index (χ4v) is 3.39. The molecule has 0 saturated heterocycles. The van der Waals surface area contributed by atoms with Crippen molar-refractivity contribution in [2.45, 2.75) is 44.9 Å². The van der Waals surface area contributed by atoms with E-state index in [2.05, 4.69) is 10.1 Å². The molecule has 3 atom stereocenters. The summed E-state index contributed by atoms with van der Waals surface area (Å²) in [6.45, 7) is 2.17. The Bertz CT molecular complexity index is 443. The smallest absolute Gasteiger partial charge is 0.315 e. The van der Waals surface area contributed by atoms with E-state index in [1.165, 1.54) is 25.7 Å². The minimum Gasteiger partial charge on any atom is -0.466 e. The molecule has 0 radical (unpaired) electrons. The number of carbonyl (C=O) groups is 1. The molecule has 0 N–H and O–H groups in total. The largest absolute Gasteiger partial charge is 0.466 e. The molecule has 1 aromatic heterocycles. The highest BCUT2D eigenvalue weighted by Gasteiger charge is 2.42. The van der Waals surface area contributed by atoms with Crippen LogP contribution in [-0.2, 0) is 16.0 Å². The van der Waals surface area contributed by atoms with Gasteiger partial charge in [-0.2, -0.15) is 4.98 Å². The lowest BCUT2D eigenvalue weighted by atomic mass is 9.88. The monoisotopic (exact) mass is 250 g/mol. The first kappa shape index (κ1) is 11.7. The molecule has 2 fully saturated rings. The number of ether oxygens (including phenoxy) is 1. The minimum atomic E-state index is -0.305. The highest BCUT2D eigenvalue weighted by Crippen LogP contribution is 2.52. The molecule has 2 aliphatic rings. The van der Waals surface area contributed by atoms with Crippen LogP contribution >= 0.6 is 0 Å². The topological polar surface area (TPSA) is 65.2 Å². The first-order valence-electron chi connectivity index (χ1n) is 6.74. The molecule has 98 valence electrons. The Kier molecular flexibility index (Phi) is 3.06. The van der Waals surface area contributed by atoms with Gasteiger partial charge in [-0.3, -0.25) is 4.79 Å². The van der Waals surface area contributed by atoms with Crippen LogP contribution in [0.4, 0.5) is 0 Å². The van der Waals surface area contributed by atoms with Gasteiger partial charge >= 0.3 is 5.97 Å². The lowest BCUT2D eigenvalue weighted by Crippen LogP contribution is -2.11. The van der Waals surface area contributed by atoms with Crippen molar-refractivity contribution >= 4 is 5.97 Å². The SMILES string of the molecule is CCOC(=O)Cc1nc(C2CC3CCC2C3)no1. The molecule has 3 rings (SSSR count). The van der Waals surface area contributed by atoms with Crippen molar-refractivity contribution in [3.8, 4) is 0 Å². The predicted molar refractivity (Wildman–Crippen MR) is 62.8 cm³/mol. The molecule has 2 aliphatic carbocycles.